The van der Waals surface area contributed by atoms with E-state index in [-0.39, 0.29) is 16.3 Å². The third-order valence-electron chi connectivity index (χ3n) is 3.87. The van der Waals surface area contributed by atoms with Crippen molar-refractivity contribution >= 4 is 34.6 Å². The zero-order chi connectivity index (χ0) is 20.0. The van der Waals surface area contributed by atoms with E-state index >= 15 is 0 Å². The molecule has 0 fully saturated rings. The average Bonchev–Trinajstić information content (AvgIpc) is 2.64. The quantitative estimate of drug-likeness (QED) is 0.328. The Hall–Kier alpha value is -3.37. The molecule has 0 unspecified atom stereocenters. The second-order valence-corrected chi connectivity index (χ2v) is 6.06. The number of rotatable bonds is 6. The van der Waals surface area contributed by atoms with Crippen molar-refractivity contribution in [1.82, 2.24) is 0 Å². The van der Waals surface area contributed by atoms with Crippen LogP contribution in [0.4, 0.5) is 17.1 Å². The zero-order valence-electron chi connectivity index (χ0n) is 14.7. The molecule has 0 aliphatic heterocycles. The lowest BCUT2D eigenvalue weighted by molar-refractivity contribution is -0.384. The summed E-state index contributed by atoms with van der Waals surface area (Å²) in [4.78, 5) is 22.8. The molecule has 138 valence electrons. The van der Waals surface area contributed by atoms with Crippen LogP contribution in [0.5, 0.6) is 0 Å². The molecule has 2 aromatic carbocycles. The highest BCUT2D eigenvalue weighted by molar-refractivity contribution is 6.32. The maximum atomic E-state index is 12.4. The van der Waals surface area contributed by atoms with Gasteiger partial charge in [-0.25, -0.2) is 0 Å². The van der Waals surface area contributed by atoms with Gasteiger partial charge in [0.1, 0.15) is 16.7 Å². The van der Waals surface area contributed by atoms with E-state index < -0.39 is 10.8 Å². The minimum Gasteiger partial charge on any atom is -0.360 e. The van der Waals surface area contributed by atoms with Crippen LogP contribution in [0.15, 0.2) is 48.2 Å². The first-order chi connectivity index (χ1) is 12.9. The lowest BCUT2D eigenvalue weighted by Gasteiger charge is -2.12. The normalized spacial score (nSPS) is 10.8. The number of hydrogen-bond acceptors (Lipinski definition) is 5. The number of carbonyl (C=O) groups excluding carboxylic acids is 1. The largest absolute Gasteiger partial charge is 0.360 e. The van der Waals surface area contributed by atoms with Gasteiger partial charge in [-0.15, -0.1) is 0 Å². The number of amides is 1. The summed E-state index contributed by atoms with van der Waals surface area (Å²) in [5, 5.41) is 25.7. The van der Waals surface area contributed by atoms with E-state index in [9.17, 15) is 20.2 Å². The van der Waals surface area contributed by atoms with E-state index in [0.29, 0.717) is 11.4 Å². The van der Waals surface area contributed by atoms with Gasteiger partial charge in [0.2, 0.25) is 0 Å². The molecular weight excluding hydrogens is 368 g/mol. The molecule has 2 N–H and O–H groups in total. The summed E-state index contributed by atoms with van der Waals surface area (Å²) >= 11 is 5.76. The number of nitriles is 1. The minimum absolute atomic E-state index is 0.000530. The smallest absolute Gasteiger partial charge is 0.289 e. The highest BCUT2D eigenvalue weighted by Gasteiger charge is 2.15. The zero-order valence-corrected chi connectivity index (χ0v) is 15.5. The average molecular weight is 385 g/mol. The van der Waals surface area contributed by atoms with Gasteiger partial charge in [-0.05, 0) is 36.6 Å². The standard InChI is InChI=1S/C19H17ClN4O3/c1-3-13-6-4-5-12(2)18(13)23-19(25)14(10-21)11-22-15-7-8-16(20)17(9-15)24(26)27/h4-9,11,22H,3H2,1-2H3,(H,23,25)/b14-11-. The Bertz CT molecular complexity index is 964. The van der Waals surface area contributed by atoms with Crippen LogP contribution in [0.1, 0.15) is 18.1 Å². The maximum Gasteiger partial charge on any atom is 0.289 e. The van der Waals surface area contributed by atoms with Gasteiger partial charge < -0.3 is 10.6 Å². The van der Waals surface area contributed by atoms with Crippen molar-refractivity contribution in [1.29, 1.82) is 5.26 Å². The molecular formula is C19H17ClN4O3. The number of anilines is 2. The number of nitrogens with one attached hydrogen (secondary N) is 2. The van der Waals surface area contributed by atoms with E-state index in [1.165, 1.54) is 24.4 Å². The fourth-order valence-electron chi connectivity index (χ4n) is 2.43. The molecule has 0 atom stereocenters. The molecule has 0 saturated carbocycles. The van der Waals surface area contributed by atoms with E-state index in [0.717, 1.165) is 17.5 Å². The van der Waals surface area contributed by atoms with Gasteiger partial charge in [0.25, 0.3) is 11.6 Å². The Morgan fingerprint density at radius 2 is 2.11 bits per heavy atom. The first-order valence-corrected chi connectivity index (χ1v) is 8.45. The summed E-state index contributed by atoms with van der Waals surface area (Å²) in [5.41, 5.74) is 2.41. The summed E-state index contributed by atoms with van der Waals surface area (Å²) in [5.74, 6) is -0.572. The van der Waals surface area contributed by atoms with E-state index in [2.05, 4.69) is 10.6 Å². The SMILES string of the molecule is CCc1cccc(C)c1NC(=O)/C(C#N)=C\Nc1ccc(Cl)c([N+](=O)[O-])c1. The molecule has 2 aromatic rings. The number of benzene rings is 2. The molecule has 27 heavy (non-hydrogen) atoms. The van der Waals surface area contributed by atoms with Crippen LogP contribution < -0.4 is 10.6 Å². The van der Waals surface area contributed by atoms with Crippen LogP contribution in [-0.2, 0) is 11.2 Å². The Labute approximate surface area is 161 Å². The summed E-state index contributed by atoms with van der Waals surface area (Å²) in [6, 6.07) is 11.6. The molecule has 8 heteroatoms. The maximum absolute atomic E-state index is 12.4. The minimum atomic E-state index is -0.612. The molecule has 0 aliphatic carbocycles. The number of aryl methyl sites for hydroxylation is 2. The topological polar surface area (TPSA) is 108 Å². The van der Waals surface area contributed by atoms with Crippen LogP contribution in [-0.4, -0.2) is 10.8 Å². The fraction of sp³-hybridized carbons (Fsp3) is 0.158. The van der Waals surface area contributed by atoms with Crippen molar-refractivity contribution in [2.24, 2.45) is 0 Å². The van der Waals surface area contributed by atoms with Gasteiger partial charge in [-0.1, -0.05) is 36.7 Å². The van der Waals surface area contributed by atoms with Crippen molar-refractivity contribution in [3.63, 3.8) is 0 Å². The number of halogens is 1. The Morgan fingerprint density at radius 1 is 1.37 bits per heavy atom. The van der Waals surface area contributed by atoms with Crippen LogP contribution in [0, 0.1) is 28.4 Å². The van der Waals surface area contributed by atoms with Crippen molar-refractivity contribution in [2.45, 2.75) is 20.3 Å². The van der Waals surface area contributed by atoms with Crippen LogP contribution >= 0.6 is 11.6 Å². The van der Waals surface area contributed by atoms with Gasteiger partial charge in [0.05, 0.1) is 4.92 Å². The predicted molar refractivity (Wildman–Crippen MR) is 105 cm³/mol. The molecule has 0 radical (unpaired) electrons. The highest BCUT2D eigenvalue weighted by Crippen LogP contribution is 2.27. The van der Waals surface area contributed by atoms with Crippen LogP contribution in [0.2, 0.25) is 5.02 Å². The Morgan fingerprint density at radius 3 is 2.74 bits per heavy atom. The number of hydrogen-bond donors (Lipinski definition) is 2. The first kappa shape index (κ1) is 19.9. The molecule has 1 amide bonds. The summed E-state index contributed by atoms with van der Waals surface area (Å²) in [6.45, 7) is 3.84. The monoisotopic (exact) mass is 384 g/mol. The van der Waals surface area contributed by atoms with Gasteiger partial charge in [-0.3, -0.25) is 14.9 Å². The van der Waals surface area contributed by atoms with Crippen molar-refractivity contribution < 1.29 is 9.72 Å². The molecule has 7 nitrogen and oxygen atoms in total. The molecule has 0 aliphatic rings. The van der Waals surface area contributed by atoms with Crippen LogP contribution in [0.25, 0.3) is 0 Å². The molecule has 0 heterocycles. The molecule has 0 spiro atoms. The Kier molecular flexibility index (Phi) is 6.52. The highest BCUT2D eigenvalue weighted by atomic mass is 35.5. The fourth-order valence-corrected chi connectivity index (χ4v) is 2.62. The van der Waals surface area contributed by atoms with Gasteiger partial charge in [0, 0.05) is 23.6 Å². The van der Waals surface area contributed by atoms with E-state index in [4.69, 9.17) is 11.6 Å². The lowest BCUT2D eigenvalue weighted by Crippen LogP contribution is -2.16. The molecule has 0 bridgehead atoms. The van der Waals surface area contributed by atoms with Crippen molar-refractivity contribution in [3.05, 3.63) is 74.4 Å². The van der Waals surface area contributed by atoms with Crippen LogP contribution in [0.3, 0.4) is 0 Å². The number of nitrogens with zero attached hydrogens (tertiary/aromatic N) is 2. The number of nitro benzene ring substituents is 1. The lowest BCUT2D eigenvalue weighted by atomic mass is 10.1. The number of para-hydroxylation sites is 1. The number of nitro groups is 1. The Balaban J connectivity index is 2.22. The van der Waals surface area contributed by atoms with Crippen molar-refractivity contribution in [3.8, 4) is 6.07 Å². The second-order valence-electron chi connectivity index (χ2n) is 5.65. The summed E-state index contributed by atoms with van der Waals surface area (Å²) < 4.78 is 0. The van der Waals surface area contributed by atoms with Crippen molar-refractivity contribution in [2.75, 3.05) is 10.6 Å². The molecule has 0 aromatic heterocycles. The predicted octanol–water partition coefficient (Wildman–Crippen LogP) is 4.58. The van der Waals surface area contributed by atoms with E-state index in [1.807, 2.05) is 38.1 Å². The van der Waals surface area contributed by atoms with Gasteiger partial charge in [-0.2, -0.15) is 5.26 Å². The third kappa shape index (κ3) is 4.84. The molecule has 2 rings (SSSR count). The second kappa shape index (κ2) is 8.83. The summed E-state index contributed by atoms with van der Waals surface area (Å²) in [6.07, 6.45) is 1.93. The van der Waals surface area contributed by atoms with Gasteiger partial charge in [0.15, 0.2) is 0 Å². The van der Waals surface area contributed by atoms with E-state index in [1.54, 1.807) is 0 Å². The molecule has 0 saturated heterocycles. The first-order valence-electron chi connectivity index (χ1n) is 8.08. The summed E-state index contributed by atoms with van der Waals surface area (Å²) in [7, 11) is 0. The third-order valence-corrected chi connectivity index (χ3v) is 4.19. The van der Waals surface area contributed by atoms with Gasteiger partial charge >= 0.3 is 0 Å². The number of carbonyl (C=O) groups is 1.